The van der Waals surface area contributed by atoms with E-state index >= 15 is 13.6 Å². The van der Waals surface area contributed by atoms with E-state index in [0.717, 1.165) is 12.0 Å². The number of Topliss-reactive ketones (excluding diaryl/α,β-unsaturated/α-hetero) is 1. The van der Waals surface area contributed by atoms with Crippen molar-refractivity contribution in [2.24, 2.45) is 39.4 Å². The highest BCUT2D eigenvalue weighted by molar-refractivity contribution is 6.49. The van der Waals surface area contributed by atoms with Crippen LogP contribution in [0.5, 0.6) is 5.75 Å². The number of aliphatic hydroxyl groups excluding tert-OH is 1. The number of hydroxylamine groups is 2. The maximum atomic E-state index is 18.1. The van der Waals surface area contributed by atoms with E-state index < -0.39 is 75.8 Å². The van der Waals surface area contributed by atoms with Crippen molar-refractivity contribution in [2.45, 2.75) is 150 Å². The second kappa shape index (κ2) is 14.6. The average molecular weight is 802 g/mol. The molecule has 1 aliphatic heterocycles. The number of carbonyl (C=O) groups excluding carboxylic acids is 2. The van der Waals surface area contributed by atoms with Gasteiger partial charge < -0.3 is 18.7 Å². The third-order valence-electron chi connectivity index (χ3n) is 13.2. The van der Waals surface area contributed by atoms with Gasteiger partial charge in [0.2, 0.25) is 0 Å². The quantitative estimate of drug-likeness (QED) is 0.179. The lowest BCUT2D eigenvalue weighted by Crippen LogP contribution is -2.71. The Bertz CT molecular complexity index is 1690. The third kappa shape index (κ3) is 7.33. The van der Waals surface area contributed by atoms with Crippen molar-refractivity contribution in [3.05, 3.63) is 53.6 Å². The maximum absolute atomic E-state index is 18.1. The first-order chi connectivity index (χ1) is 25.4. The molecule has 8 nitrogen and oxygen atoms in total. The lowest BCUT2D eigenvalue weighted by molar-refractivity contribution is -0.271. The van der Waals surface area contributed by atoms with Crippen molar-refractivity contribution < 1.29 is 41.9 Å². The molecule has 0 radical (unpaired) electrons. The minimum atomic E-state index is -2.24. The molecule has 11 atom stereocenters. The van der Waals surface area contributed by atoms with Gasteiger partial charge in [-0.15, -0.1) is 0 Å². The van der Waals surface area contributed by atoms with Gasteiger partial charge in [0.1, 0.15) is 18.0 Å². The van der Waals surface area contributed by atoms with E-state index in [9.17, 15) is 9.90 Å². The zero-order valence-corrected chi connectivity index (χ0v) is 37.4. The number of rotatable bonds is 11. The standard InChI is InChI=1S/C43H65F2NO7Si2/c1-38(2,3)23-35(51-54(9)10)50-29-15-13-26(14-16-29)24-46-25-27-19-30-31-21-33(44)32-20-28(47)17-18-40(32,7)42(31,45)34(48)22-41(30,8)43(27,53-46)36(49)37(39(4,5)6)52-55(11)12/h13-18,20,27,30-31,33-35,37,48,54-55H,19,21-25H2,1-12H3/t27-,30-,31-,33-,34-,35?,37?,40-,41-,42-,43-/m0/s1. The van der Waals surface area contributed by atoms with Crippen LogP contribution in [-0.2, 0) is 29.8 Å². The number of fused-ring (bicyclic) bond motifs is 7. The molecule has 1 saturated heterocycles. The third-order valence-corrected chi connectivity index (χ3v) is 14.9. The van der Waals surface area contributed by atoms with Gasteiger partial charge in [-0.1, -0.05) is 66.7 Å². The first kappa shape index (κ1) is 42.5. The van der Waals surface area contributed by atoms with Gasteiger partial charge >= 0.3 is 0 Å². The van der Waals surface area contributed by atoms with Crippen LogP contribution in [0.4, 0.5) is 8.78 Å². The van der Waals surface area contributed by atoms with Gasteiger partial charge in [-0.2, -0.15) is 5.06 Å². The van der Waals surface area contributed by atoms with Gasteiger partial charge in [-0.25, -0.2) is 8.78 Å². The predicted molar refractivity (Wildman–Crippen MR) is 215 cm³/mol. The zero-order valence-electron chi connectivity index (χ0n) is 35.1. The van der Waals surface area contributed by atoms with E-state index in [1.165, 1.54) is 18.2 Å². The molecule has 5 aliphatic rings. The van der Waals surface area contributed by atoms with Gasteiger partial charge in [0.15, 0.2) is 47.2 Å². The summed E-state index contributed by atoms with van der Waals surface area (Å²) >= 11 is 0. The number of hydrogen-bond acceptors (Lipinski definition) is 8. The topological polar surface area (TPSA) is 94.5 Å². The molecule has 12 heteroatoms. The molecule has 6 rings (SSSR count). The summed E-state index contributed by atoms with van der Waals surface area (Å²) < 4.78 is 53.4. The molecule has 1 aromatic carbocycles. The molecule has 0 aromatic heterocycles. The van der Waals surface area contributed by atoms with Crippen molar-refractivity contribution in [1.29, 1.82) is 0 Å². The summed E-state index contributed by atoms with van der Waals surface area (Å²) in [6.07, 6.45) is 0.705. The largest absolute Gasteiger partial charge is 0.466 e. The number of halogens is 2. The van der Waals surface area contributed by atoms with Gasteiger partial charge in [0, 0.05) is 42.2 Å². The molecule has 1 heterocycles. The number of ketones is 2. The summed E-state index contributed by atoms with van der Waals surface area (Å²) in [5.41, 5.74) is -5.71. The second-order valence-electron chi connectivity index (χ2n) is 20.4. The molecule has 0 amide bonds. The number of benzene rings is 1. The number of ether oxygens (including phenoxy) is 1. The summed E-state index contributed by atoms with van der Waals surface area (Å²) in [5, 5.41) is 14.0. The Morgan fingerprint density at radius 3 is 2.24 bits per heavy atom. The molecule has 55 heavy (non-hydrogen) atoms. The molecule has 1 aromatic rings. The van der Waals surface area contributed by atoms with Crippen LogP contribution in [0.25, 0.3) is 0 Å². The Balaban J connectivity index is 1.34. The smallest absolute Gasteiger partial charge is 0.195 e. The fourth-order valence-corrected chi connectivity index (χ4v) is 12.8. The van der Waals surface area contributed by atoms with Crippen LogP contribution in [0.15, 0.2) is 48.1 Å². The highest BCUT2D eigenvalue weighted by Crippen LogP contribution is 2.73. The fraction of sp³-hybridized carbons (Fsp3) is 0.721. The number of hydrogen-bond donors (Lipinski definition) is 1. The number of alkyl halides is 2. The van der Waals surface area contributed by atoms with Gasteiger partial charge in [0.25, 0.3) is 0 Å². The van der Waals surface area contributed by atoms with Crippen molar-refractivity contribution >= 4 is 29.6 Å². The number of allylic oxidation sites excluding steroid dienone is 4. The van der Waals surface area contributed by atoms with Crippen molar-refractivity contribution in [3.8, 4) is 5.75 Å². The highest BCUT2D eigenvalue weighted by atomic mass is 28.3. The summed E-state index contributed by atoms with van der Waals surface area (Å²) in [7, 11) is -3.08. The van der Waals surface area contributed by atoms with Crippen LogP contribution >= 0.6 is 0 Å². The molecule has 2 unspecified atom stereocenters. The lowest BCUT2D eigenvalue weighted by atomic mass is 9.44. The molecule has 3 saturated carbocycles. The van der Waals surface area contributed by atoms with Crippen molar-refractivity contribution in [3.63, 3.8) is 0 Å². The molecule has 4 aliphatic carbocycles. The summed E-state index contributed by atoms with van der Waals surface area (Å²) in [6, 6.07) is 7.87. The summed E-state index contributed by atoms with van der Waals surface area (Å²) in [4.78, 5) is 34.9. The molecular weight excluding hydrogens is 737 g/mol. The van der Waals surface area contributed by atoms with Gasteiger partial charge in [-0.3, -0.25) is 14.4 Å². The number of carbonyl (C=O) groups is 2. The Morgan fingerprint density at radius 1 is 1.02 bits per heavy atom. The molecule has 4 fully saturated rings. The second-order valence-corrected chi connectivity index (χ2v) is 25.1. The SMILES string of the molecule is C[SiH](C)OC(CC(C)(C)C)Oc1ccc(CN2C[C@@H]3C[C@H]4[C@@H]5C[C@H](F)C6=CC(=O)C=C[C@]6(C)[C@@]5(F)[C@@H](O)C[C@]4(C)[C@]3(C(=O)C(O[SiH](C)C)C(C)(C)C)O2)cc1. The van der Waals surface area contributed by atoms with Crippen LogP contribution in [0.2, 0.25) is 26.2 Å². The maximum Gasteiger partial charge on any atom is 0.195 e. The van der Waals surface area contributed by atoms with Crippen LogP contribution in [0.3, 0.4) is 0 Å². The average Bonchev–Trinajstić information content (AvgIpc) is 3.53. The van der Waals surface area contributed by atoms with Gasteiger partial charge in [0.05, 0.1) is 6.10 Å². The van der Waals surface area contributed by atoms with E-state index in [2.05, 4.69) is 33.9 Å². The number of aliphatic hydroxyl groups is 1. The minimum Gasteiger partial charge on any atom is -0.466 e. The Hall–Kier alpha value is -2.07. The van der Waals surface area contributed by atoms with Crippen LogP contribution < -0.4 is 4.74 Å². The number of nitrogens with zero attached hydrogens (tertiary/aromatic N) is 1. The zero-order chi connectivity index (χ0) is 40.7. The van der Waals surface area contributed by atoms with Crippen LogP contribution in [0, 0.1) is 39.4 Å². The molecule has 1 N–H and O–H groups in total. The van der Waals surface area contributed by atoms with Crippen LogP contribution in [0.1, 0.15) is 86.6 Å². The van der Waals surface area contributed by atoms with E-state index in [0.29, 0.717) is 25.3 Å². The van der Waals surface area contributed by atoms with Crippen molar-refractivity contribution in [1.82, 2.24) is 5.06 Å². The first-order valence-electron chi connectivity index (χ1n) is 20.4. The Morgan fingerprint density at radius 2 is 1.65 bits per heavy atom. The summed E-state index contributed by atoms with van der Waals surface area (Å²) in [6.45, 7) is 25.2. The minimum absolute atomic E-state index is 0.0342. The first-order valence-corrected chi connectivity index (χ1v) is 25.9. The molecule has 0 spiro atoms. The van der Waals surface area contributed by atoms with Crippen LogP contribution in [-0.4, -0.2) is 82.3 Å². The molecule has 0 bridgehead atoms. The molecular formula is C43H65F2NO7Si2. The Labute approximate surface area is 330 Å². The lowest BCUT2D eigenvalue weighted by Gasteiger charge is -2.63. The predicted octanol–water partition coefficient (Wildman–Crippen LogP) is 7.84. The highest BCUT2D eigenvalue weighted by Gasteiger charge is 2.80. The normalized spacial score (nSPS) is 37.3. The Kier molecular flexibility index (Phi) is 11.3. The van der Waals surface area contributed by atoms with Crippen molar-refractivity contribution in [2.75, 3.05) is 6.54 Å². The van der Waals surface area contributed by atoms with Gasteiger partial charge in [-0.05, 0) is 105 Å². The summed E-state index contributed by atoms with van der Waals surface area (Å²) in [5.74, 6) is -1.57. The van der Waals surface area contributed by atoms with E-state index in [1.807, 2.05) is 70.1 Å². The monoisotopic (exact) mass is 801 g/mol. The molecule has 306 valence electrons. The van der Waals surface area contributed by atoms with E-state index in [1.54, 1.807) is 6.92 Å². The van der Waals surface area contributed by atoms with E-state index in [4.69, 9.17) is 18.4 Å². The van der Waals surface area contributed by atoms with E-state index in [-0.39, 0.29) is 47.6 Å². The fourth-order valence-electron chi connectivity index (χ4n) is 10.9.